The van der Waals surface area contributed by atoms with E-state index in [1.807, 2.05) is 58.3 Å². The number of pyridine rings is 1. The van der Waals surface area contributed by atoms with Crippen LogP contribution < -0.4 is 0 Å². The first kappa shape index (κ1) is 18.4. The number of rotatable bonds is 5. The zero-order valence-electron chi connectivity index (χ0n) is 16.3. The van der Waals surface area contributed by atoms with Gasteiger partial charge in [-0.15, -0.1) is 0 Å². The first-order valence-corrected chi connectivity index (χ1v) is 10.1. The van der Waals surface area contributed by atoms with Gasteiger partial charge in [0, 0.05) is 43.5 Å². The summed E-state index contributed by atoms with van der Waals surface area (Å²) in [6.07, 6.45) is 7.19. The molecule has 28 heavy (non-hydrogen) atoms. The molecule has 1 aliphatic rings. The number of imidazole rings is 1. The van der Waals surface area contributed by atoms with Gasteiger partial charge < -0.3 is 4.90 Å². The zero-order chi connectivity index (χ0) is 19.3. The highest BCUT2D eigenvalue weighted by Crippen LogP contribution is 2.27. The van der Waals surface area contributed by atoms with Crippen molar-refractivity contribution in [1.82, 2.24) is 19.4 Å². The predicted molar refractivity (Wildman–Crippen MR) is 109 cm³/mol. The van der Waals surface area contributed by atoms with Crippen LogP contribution >= 0.6 is 0 Å². The van der Waals surface area contributed by atoms with E-state index in [-0.39, 0.29) is 11.8 Å². The van der Waals surface area contributed by atoms with Gasteiger partial charge in [-0.1, -0.05) is 43.3 Å². The maximum Gasteiger partial charge on any atom is 0.227 e. The summed E-state index contributed by atoms with van der Waals surface area (Å²) in [6, 6.07) is 16.1. The van der Waals surface area contributed by atoms with Crippen LogP contribution in [0.25, 0.3) is 5.82 Å². The quantitative estimate of drug-likeness (QED) is 0.683. The molecule has 0 unspecified atom stereocenters. The second kappa shape index (κ2) is 8.38. The minimum atomic E-state index is 0.204. The summed E-state index contributed by atoms with van der Waals surface area (Å²) in [5.74, 6) is 2.39. The molecular formula is C23H26N4O. The van der Waals surface area contributed by atoms with Crippen molar-refractivity contribution in [2.24, 2.45) is 0 Å². The highest BCUT2D eigenvalue weighted by molar-refractivity contribution is 5.79. The lowest BCUT2D eigenvalue weighted by Crippen LogP contribution is -2.40. The van der Waals surface area contributed by atoms with Crippen molar-refractivity contribution in [3.63, 3.8) is 0 Å². The number of aryl methyl sites for hydroxylation is 1. The smallest absolute Gasteiger partial charge is 0.227 e. The molecule has 1 fully saturated rings. The molecular weight excluding hydrogens is 348 g/mol. The average molecular weight is 374 g/mol. The van der Waals surface area contributed by atoms with E-state index in [9.17, 15) is 4.79 Å². The molecule has 0 bridgehead atoms. The second-order valence-electron chi connectivity index (χ2n) is 7.33. The van der Waals surface area contributed by atoms with Gasteiger partial charge in [0.25, 0.3) is 0 Å². The highest BCUT2D eigenvalue weighted by atomic mass is 16.2. The lowest BCUT2D eigenvalue weighted by Gasteiger charge is -2.32. The maximum atomic E-state index is 12.8. The maximum absolute atomic E-state index is 12.8. The number of aromatic nitrogens is 3. The fourth-order valence-corrected chi connectivity index (χ4v) is 3.93. The third-order valence-electron chi connectivity index (χ3n) is 5.43. The summed E-state index contributed by atoms with van der Waals surface area (Å²) < 4.78 is 2.05. The molecule has 1 aromatic carbocycles. The molecule has 1 atom stereocenters. The van der Waals surface area contributed by atoms with Gasteiger partial charge in [-0.25, -0.2) is 9.97 Å². The molecule has 0 spiro atoms. The normalized spacial score (nSPS) is 16.9. The van der Waals surface area contributed by atoms with Gasteiger partial charge in [0.15, 0.2) is 0 Å². The summed E-state index contributed by atoms with van der Waals surface area (Å²) in [4.78, 5) is 24.1. The lowest BCUT2D eigenvalue weighted by atomic mass is 9.93. The SMILES string of the molecule is CCc1nccn1-c1cccc([C@@H]2CCCN(C(=O)Cc3ccccc3)C2)n1. The first-order valence-electron chi connectivity index (χ1n) is 10.1. The standard InChI is InChI=1S/C23H26N4O/c1-2-21-24-13-15-27(21)22-12-6-11-20(25-22)19-10-7-14-26(17-19)23(28)16-18-8-4-3-5-9-18/h3-6,8-9,11-13,15,19H,2,7,10,14,16-17H2,1H3/t19-/m1/s1. The number of piperidine rings is 1. The number of amides is 1. The summed E-state index contributed by atoms with van der Waals surface area (Å²) >= 11 is 0. The third-order valence-corrected chi connectivity index (χ3v) is 5.43. The van der Waals surface area contributed by atoms with Crippen LogP contribution in [0.1, 0.15) is 42.8 Å². The van der Waals surface area contributed by atoms with Gasteiger partial charge in [-0.05, 0) is 30.5 Å². The highest BCUT2D eigenvalue weighted by Gasteiger charge is 2.26. The van der Waals surface area contributed by atoms with Crippen molar-refractivity contribution in [3.05, 3.63) is 78.0 Å². The number of carbonyl (C=O) groups is 1. The Hall–Kier alpha value is -2.95. The van der Waals surface area contributed by atoms with Crippen LogP contribution in [0.2, 0.25) is 0 Å². The molecule has 2 aromatic heterocycles. The van der Waals surface area contributed by atoms with E-state index in [0.29, 0.717) is 6.42 Å². The first-order chi connectivity index (χ1) is 13.7. The Balaban J connectivity index is 1.49. The molecule has 0 N–H and O–H groups in total. The number of nitrogens with zero attached hydrogens (tertiary/aromatic N) is 4. The van der Waals surface area contributed by atoms with E-state index >= 15 is 0 Å². The van der Waals surface area contributed by atoms with Gasteiger partial charge in [-0.3, -0.25) is 9.36 Å². The summed E-state index contributed by atoms with van der Waals surface area (Å²) in [6.45, 7) is 3.68. The van der Waals surface area contributed by atoms with Crippen molar-refractivity contribution in [2.45, 2.75) is 38.5 Å². The Labute approximate surface area is 166 Å². The average Bonchev–Trinajstić information content (AvgIpc) is 3.24. The summed E-state index contributed by atoms with van der Waals surface area (Å²) in [5, 5.41) is 0. The van der Waals surface area contributed by atoms with Crippen molar-refractivity contribution < 1.29 is 4.79 Å². The van der Waals surface area contributed by atoms with Crippen molar-refractivity contribution in [1.29, 1.82) is 0 Å². The molecule has 0 aliphatic carbocycles. The Morgan fingerprint density at radius 2 is 2.00 bits per heavy atom. The van der Waals surface area contributed by atoms with E-state index in [1.165, 1.54) is 0 Å². The predicted octanol–water partition coefficient (Wildman–Crippen LogP) is 3.78. The Morgan fingerprint density at radius 1 is 1.14 bits per heavy atom. The third kappa shape index (κ3) is 3.98. The van der Waals surface area contributed by atoms with Crippen LogP contribution in [0.4, 0.5) is 0 Å². The summed E-state index contributed by atoms with van der Waals surface area (Å²) in [7, 11) is 0. The van der Waals surface area contributed by atoms with Gasteiger partial charge in [-0.2, -0.15) is 0 Å². The molecule has 1 amide bonds. The molecule has 4 rings (SSSR count). The minimum Gasteiger partial charge on any atom is -0.342 e. The molecule has 3 heterocycles. The fraction of sp³-hybridized carbons (Fsp3) is 0.348. The molecule has 1 aliphatic heterocycles. The molecule has 0 radical (unpaired) electrons. The molecule has 5 heteroatoms. The molecule has 5 nitrogen and oxygen atoms in total. The van der Waals surface area contributed by atoms with Crippen LogP contribution in [-0.2, 0) is 17.6 Å². The van der Waals surface area contributed by atoms with E-state index in [1.54, 1.807) is 0 Å². The van der Waals surface area contributed by atoms with Crippen molar-refractivity contribution in [3.8, 4) is 5.82 Å². The number of benzene rings is 1. The van der Waals surface area contributed by atoms with Gasteiger partial charge in [0.2, 0.25) is 5.91 Å². The van der Waals surface area contributed by atoms with Crippen molar-refractivity contribution in [2.75, 3.05) is 13.1 Å². The summed E-state index contributed by atoms with van der Waals surface area (Å²) in [5.41, 5.74) is 2.13. The van der Waals surface area contributed by atoms with E-state index in [4.69, 9.17) is 4.98 Å². The van der Waals surface area contributed by atoms with Crippen LogP contribution in [0.3, 0.4) is 0 Å². The van der Waals surface area contributed by atoms with Crippen molar-refractivity contribution >= 4 is 5.91 Å². The molecule has 0 saturated carbocycles. The van der Waals surface area contributed by atoms with Gasteiger partial charge >= 0.3 is 0 Å². The Morgan fingerprint density at radius 3 is 2.82 bits per heavy atom. The fourth-order valence-electron chi connectivity index (χ4n) is 3.93. The second-order valence-corrected chi connectivity index (χ2v) is 7.33. The lowest BCUT2D eigenvalue weighted by molar-refractivity contribution is -0.131. The molecule has 1 saturated heterocycles. The molecule has 144 valence electrons. The Kier molecular flexibility index (Phi) is 5.51. The number of hydrogen-bond acceptors (Lipinski definition) is 3. The zero-order valence-corrected chi connectivity index (χ0v) is 16.3. The topological polar surface area (TPSA) is 51.0 Å². The van der Waals surface area contributed by atoms with Crippen LogP contribution in [0, 0.1) is 0 Å². The number of carbonyl (C=O) groups excluding carboxylic acids is 1. The minimum absolute atomic E-state index is 0.204. The van der Waals surface area contributed by atoms with E-state index in [2.05, 4.69) is 24.0 Å². The van der Waals surface area contributed by atoms with Gasteiger partial charge in [0.05, 0.1) is 6.42 Å². The number of likely N-dealkylation sites (tertiary alicyclic amines) is 1. The van der Waals surface area contributed by atoms with Crippen LogP contribution in [0.15, 0.2) is 60.9 Å². The Bertz CT molecular complexity index is 935. The largest absolute Gasteiger partial charge is 0.342 e. The number of hydrogen-bond donors (Lipinski definition) is 0. The van der Waals surface area contributed by atoms with Gasteiger partial charge in [0.1, 0.15) is 11.6 Å². The monoisotopic (exact) mass is 374 g/mol. The van der Waals surface area contributed by atoms with E-state index in [0.717, 1.165) is 55.3 Å². The van der Waals surface area contributed by atoms with Crippen LogP contribution in [-0.4, -0.2) is 38.4 Å². The van der Waals surface area contributed by atoms with Crippen LogP contribution in [0.5, 0.6) is 0 Å². The molecule has 3 aromatic rings. The van der Waals surface area contributed by atoms with E-state index < -0.39 is 0 Å².